The number of carbonyl (C=O) groups excluding carboxylic acids is 2. The van der Waals surface area contributed by atoms with E-state index >= 15 is 0 Å². The maximum atomic E-state index is 12.4. The number of thiophene rings is 1. The van der Waals surface area contributed by atoms with Crippen LogP contribution in [0.5, 0.6) is 0 Å². The van der Waals surface area contributed by atoms with Crippen molar-refractivity contribution in [2.75, 3.05) is 11.9 Å². The van der Waals surface area contributed by atoms with Gasteiger partial charge < -0.3 is 15.4 Å². The number of hydrogen-bond donors (Lipinski definition) is 2. The van der Waals surface area contributed by atoms with Crippen LogP contribution in [0.1, 0.15) is 62.3 Å². The monoisotopic (exact) mass is 324 g/mol. The topological polar surface area (TPSA) is 67.4 Å². The molecule has 1 aliphatic rings. The Morgan fingerprint density at radius 2 is 1.95 bits per heavy atom. The second-order valence-corrected chi connectivity index (χ2v) is 7.85. The highest BCUT2D eigenvalue weighted by Gasteiger charge is 2.41. The van der Waals surface area contributed by atoms with Gasteiger partial charge in [0.15, 0.2) is 0 Å². The quantitative estimate of drug-likeness (QED) is 0.839. The van der Waals surface area contributed by atoms with Crippen LogP contribution >= 0.6 is 11.3 Å². The predicted octanol–water partition coefficient (Wildman–Crippen LogP) is 3.04. The lowest BCUT2D eigenvalue weighted by molar-refractivity contribution is -0.114. The van der Waals surface area contributed by atoms with Gasteiger partial charge in [0.2, 0.25) is 5.91 Å². The fraction of sp³-hybridized carbons (Fsp3) is 0.625. The van der Waals surface area contributed by atoms with Crippen molar-refractivity contribution in [3.05, 3.63) is 16.0 Å². The third-order valence-electron chi connectivity index (χ3n) is 3.61. The largest absolute Gasteiger partial charge is 0.462 e. The molecule has 2 heterocycles. The fourth-order valence-electron chi connectivity index (χ4n) is 3.19. The predicted molar refractivity (Wildman–Crippen MR) is 88.5 cm³/mol. The lowest BCUT2D eigenvalue weighted by atomic mass is 9.81. The van der Waals surface area contributed by atoms with Gasteiger partial charge in [0.25, 0.3) is 0 Å². The summed E-state index contributed by atoms with van der Waals surface area (Å²) in [5.41, 5.74) is 1.10. The molecule has 22 heavy (non-hydrogen) atoms. The molecule has 1 aliphatic heterocycles. The van der Waals surface area contributed by atoms with E-state index in [2.05, 4.69) is 38.3 Å². The standard InChI is InChI=1S/C16H24N2O3S/c1-7-21-14(20)11-10-8-15(3,4)18-16(5,6)12(10)22-13(11)17-9(2)19/h18H,7-8H2,1-6H3,(H,17,19). The van der Waals surface area contributed by atoms with E-state index in [-0.39, 0.29) is 23.0 Å². The Morgan fingerprint density at radius 3 is 2.50 bits per heavy atom. The lowest BCUT2D eigenvalue weighted by Gasteiger charge is -2.42. The summed E-state index contributed by atoms with van der Waals surface area (Å²) in [6.45, 7) is 12.0. The van der Waals surface area contributed by atoms with Gasteiger partial charge in [-0.1, -0.05) is 0 Å². The summed E-state index contributed by atoms with van der Waals surface area (Å²) in [5, 5.41) is 6.97. The van der Waals surface area contributed by atoms with Crippen LogP contribution in [0.2, 0.25) is 0 Å². The summed E-state index contributed by atoms with van der Waals surface area (Å²) in [5.74, 6) is -0.550. The van der Waals surface area contributed by atoms with Gasteiger partial charge in [-0.25, -0.2) is 4.79 Å². The Hall–Kier alpha value is -1.40. The van der Waals surface area contributed by atoms with E-state index in [1.165, 1.54) is 18.3 Å². The van der Waals surface area contributed by atoms with E-state index in [1.807, 2.05) is 0 Å². The number of hydrogen-bond acceptors (Lipinski definition) is 5. The lowest BCUT2D eigenvalue weighted by Crippen LogP contribution is -2.55. The van der Waals surface area contributed by atoms with Crippen molar-refractivity contribution in [1.29, 1.82) is 0 Å². The number of esters is 1. The summed E-state index contributed by atoms with van der Waals surface area (Å²) in [6, 6.07) is 0. The molecule has 0 aromatic carbocycles. The van der Waals surface area contributed by atoms with Crippen LogP contribution in [0.25, 0.3) is 0 Å². The van der Waals surface area contributed by atoms with Gasteiger partial charge in [-0.2, -0.15) is 0 Å². The van der Waals surface area contributed by atoms with Crippen molar-refractivity contribution in [3.63, 3.8) is 0 Å². The van der Waals surface area contributed by atoms with E-state index in [0.29, 0.717) is 17.2 Å². The molecule has 0 aliphatic carbocycles. The Morgan fingerprint density at radius 1 is 1.32 bits per heavy atom. The second-order valence-electron chi connectivity index (χ2n) is 6.83. The first-order valence-corrected chi connectivity index (χ1v) is 8.29. The molecule has 0 saturated heterocycles. The average Bonchev–Trinajstić information content (AvgIpc) is 2.64. The molecule has 0 radical (unpaired) electrons. The van der Waals surface area contributed by atoms with Crippen molar-refractivity contribution >= 4 is 28.2 Å². The highest BCUT2D eigenvalue weighted by molar-refractivity contribution is 7.17. The Balaban J connectivity index is 2.62. The van der Waals surface area contributed by atoms with Gasteiger partial charge >= 0.3 is 5.97 Å². The molecule has 2 rings (SSSR count). The molecule has 0 saturated carbocycles. The number of nitrogens with one attached hydrogen (secondary N) is 2. The van der Waals surface area contributed by atoms with Crippen LogP contribution in [0.4, 0.5) is 5.00 Å². The Bertz CT molecular complexity index is 617. The number of rotatable bonds is 3. The van der Waals surface area contributed by atoms with E-state index in [9.17, 15) is 9.59 Å². The molecule has 1 aromatic rings. The summed E-state index contributed by atoms with van der Waals surface area (Å²) >= 11 is 1.46. The van der Waals surface area contributed by atoms with Crippen LogP contribution in [-0.4, -0.2) is 24.0 Å². The molecule has 2 N–H and O–H groups in total. The Labute approximate surface area is 135 Å². The summed E-state index contributed by atoms with van der Waals surface area (Å²) in [7, 11) is 0. The number of amides is 1. The zero-order valence-electron chi connectivity index (χ0n) is 14.0. The Kier molecular flexibility index (Phi) is 4.37. The van der Waals surface area contributed by atoms with Gasteiger partial charge in [0.1, 0.15) is 5.00 Å². The number of ether oxygens (including phenoxy) is 1. The summed E-state index contributed by atoms with van der Waals surface area (Å²) in [6.07, 6.45) is 0.718. The third-order valence-corrected chi connectivity index (χ3v) is 5.08. The number of anilines is 1. The fourth-order valence-corrected chi connectivity index (χ4v) is 4.51. The van der Waals surface area contributed by atoms with Crippen LogP contribution in [-0.2, 0) is 21.5 Å². The van der Waals surface area contributed by atoms with Crippen LogP contribution < -0.4 is 10.6 Å². The van der Waals surface area contributed by atoms with Crippen molar-refractivity contribution in [1.82, 2.24) is 5.32 Å². The molecule has 0 unspecified atom stereocenters. The molecule has 0 spiro atoms. The van der Waals surface area contributed by atoms with Gasteiger partial charge in [-0.15, -0.1) is 11.3 Å². The minimum Gasteiger partial charge on any atom is -0.462 e. The van der Waals surface area contributed by atoms with E-state index in [4.69, 9.17) is 4.74 Å². The van der Waals surface area contributed by atoms with E-state index in [0.717, 1.165) is 16.9 Å². The molecule has 1 aromatic heterocycles. The molecule has 6 heteroatoms. The summed E-state index contributed by atoms with van der Waals surface area (Å²) in [4.78, 5) is 25.0. The average molecular weight is 324 g/mol. The first-order chi connectivity index (χ1) is 10.1. The maximum absolute atomic E-state index is 12.4. The van der Waals surface area contributed by atoms with E-state index in [1.54, 1.807) is 6.92 Å². The SMILES string of the molecule is CCOC(=O)c1c(NC(C)=O)sc2c1CC(C)(C)NC2(C)C. The highest BCUT2D eigenvalue weighted by atomic mass is 32.1. The van der Waals surface area contributed by atoms with Crippen molar-refractivity contribution in [3.8, 4) is 0 Å². The maximum Gasteiger partial charge on any atom is 0.341 e. The molecular formula is C16H24N2O3S. The van der Waals surface area contributed by atoms with Crippen molar-refractivity contribution in [2.45, 2.75) is 59.0 Å². The molecule has 0 atom stereocenters. The smallest absolute Gasteiger partial charge is 0.341 e. The van der Waals surface area contributed by atoms with Crippen molar-refractivity contribution < 1.29 is 14.3 Å². The zero-order valence-corrected chi connectivity index (χ0v) is 14.9. The highest BCUT2D eigenvalue weighted by Crippen LogP contribution is 2.45. The van der Waals surface area contributed by atoms with Gasteiger partial charge in [0.05, 0.1) is 12.2 Å². The molecule has 0 fully saturated rings. The third kappa shape index (κ3) is 3.17. The van der Waals surface area contributed by atoms with Crippen LogP contribution in [0.15, 0.2) is 0 Å². The minimum absolute atomic E-state index is 0.133. The molecule has 0 bridgehead atoms. The molecular weight excluding hydrogens is 300 g/mol. The van der Waals surface area contributed by atoms with Crippen LogP contribution in [0, 0.1) is 0 Å². The molecule has 1 amide bonds. The second kappa shape index (κ2) is 5.66. The normalized spacial score (nSPS) is 18.5. The van der Waals surface area contributed by atoms with E-state index < -0.39 is 0 Å². The summed E-state index contributed by atoms with van der Waals surface area (Å²) < 4.78 is 5.21. The first kappa shape index (κ1) is 17.0. The van der Waals surface area contributed by atoms with Gasteiger partial charge in [-0.3, -0.25) is 4.79 Å². The molecule has 5 nitrogen and oxygen atoms in total. The van der Waals surface area contributed by atoms with Gasteiger partial charge in [0, 0.05) is 22.9 Å². The minimum atomic E-state index is -0.364. The van der Waals surface area contributed by atoms with Crippen LogP contribution in [0.3, 0.4) is 0 Å². The van der Waals surface area contributed by atoms with Gasteiger partial charge in [-0.05, 0) is 46.6 Å². The zero-order chi connectivity index (χ0) is 16.7. The number of fused-ring (bicyclic) bond motifs is 1. The first-order valence-electron chi connectivity index (χ1n) is 7.47. The molecule has 122 valence electrons. The number of carbonyl (C=O) groups is 2. The van der Waals surface area contributed by atoms with Crippen molar-refractivity contribution in [2.24, 2.45) is 0 Å².